The van der Waals surface area contributed by atoms with Crippen LogP contribution in [0.4, 0.5) is 5.95 Å². The maximum atomic E-state index is 4.50. The van der Waals surface area contributed by atoms with E-state index in [9.17, 15) is 0 Å². The van der Waals surface area contributed by atoms with Crippen molar-refractivity contribution in [1.82, 2.24) is 9.97 Å². The van der Waals surface area contributed by atoms with Gasteiger partial charge in [-0.05, 0) is 30.5 Å². The lowest BCUT2D eigenvalue weighted by Gasteiger charge is -2.00. The minimum atomic E-state index is 0.683. The Kier molecular flexibility index (Phi) is 2.52. The van der Waals surface area contributed by atoms with Crippen LogP contribution in [0.25, 0.3) is 11.0 Å². The summed E-state index contributed by atoms with van der Waals surface area (Å²) >= 11 is 0. The lowest BCUT2D eigenvalue weighted by molar-refractivity contribution is 1.08. The van der Waals surface area contributed by atoms with Crippen LogP contribution in [0.1, 0.15) is 17.5 Å². The molecule has 0 spiro atoms. The van der Waals surface area contributed by atoms with E-state index >= 15 is 0 Å². The van der Waals surface area contributed by atoms with E-state index in [2.05, 4.69) is 44.8 Å². The molecule has 1 aliphatic rings. The number of aromatic nitrogens is 2. The second-order valence-corrected chi connectivity index (χ2v) is 4.93. The molecule has 0 aliphatic heterocycles. The fourth-order valence-electron chi connectivity index (χ4n) is 2.65. The molecular formula is C16H14N4. The Bertz CT molecular complexity index is 768. The minimum Gasteiger partial charge on any atom is -0.323 e. The number of aromatic amines is 1. The van der Waals surface area contributed by atoms with Crippen LogP contribution in [0.15, 0.2) is 53.6 Å². The Balaban J connectivity index is 1.63. The van der Waals surface area contributed by atoms with E-state index in [1.54, 1.807) is 0 Å². The number of nitrogens with one attached hydrogen (secondary N) is 2. The molecule has 0 radical (unpaired) electrons. The average molecular weight is 262 g/mol. The molecule has 2 aromatic carbocycles. The van der Waals surface area contributed by atoms with Gasteiger partial charge in [0.25, 0.3) is 0 Å². The van der Waals surface area contributed by atoms with Crippen molar-refractivity contribution in [3.63, 3.8) is 0 Å². The second-order valence-electron chi connectivity index (χ2n) is 4.93. The van der Waals surface area contributed by atoms with Gasteiger partial charge >= 0.3 is 0 Å². The van der Waals surface area contributed by atoms with Gasteiger partial charge in [-0.3, -0.25) is 0 Å². The van der Waals surface area contributed by atoms with Gasteiger partial charge in [0.2, 0.25) is 5.95 Å². The molecule has 4 rings (SSSR count). The van der Waals surface area contributed by atoms with Gasteiger partial charge < -0.3 is 4.98 Å². The summed E-state index contributed by atoms with van der Waals surface area (Å²) in [4.78, 5) is 7.67. The van der Waals surface area contributed by atoms with Gasteiger partial charge in [0.1, 0.15) is 0 Å². The van der Waals surface area contributed by atoms with Crippen molar-refractivity contribution in [2.45, 2.75) is 12.8 Å². The van der Waals surface area contributed by atoms with E-state index in [4.69, 9.17) is 0 Å². The largest absolute Gasteiger partial charge is 0.323 e. The molecule has 1 aromatic heterocycles. The summed E-state index contributed by atoms with van der Waals surface area (Å²) < 4.78 is 0. The van der Waals surface area contributed by atoms with Gasteiger partial charge in [0, 0.05) is 5.56 Å². The SMILES string of the molecule is c1ccc2c(c1)CC/C2=N\Nc1nc2ccccc2[nH]1. The number of rotatable bonds is 2. The first-order chi connectivity index (χ1) is 9.90. The van der Waals surface area contributed by atoms with E-state index < -0.39 is 0 Å². The average Bonchev–Trinajstić information content (AvgIpc) is 3.08. The molecular weight excluding hydrogens is 248 g/mol. The van der Waals surface area contributed by atoms with Crippen LogP contribution < -0.4 is 5.43 Å². The van der Waals surface area contributed by atoms with Crippen molar-refractivity contribution in [3.8, 4) is 0 Å². The first-order valence-electron chi connectivity index (χ1n) is 6.76. The van der Waals surface area contributed by atoms with Gasteiger partial charge in [-0.1, -0.05) is 36.4 Å². The van der Waals surface area contributed by atoms with Crippen LogP contribution in [0.2, 0.25) is 0 Å². The number of para-hydroxylation sites is 2. The Labute approximate surface area is 116 Å². The van der Waals surface area contributed by atoms with Crippen LogP contribution >= 0.6 is 0 Å². The molecule has 20 heavy (non-hydrogen) atoms. The van der Waals surface area contributed by atoms with Crippen LogP contribution in [-0.2, 0) is 6.42 Å². The summed E-state index contributed by atoms with van der Waals surface area (Å²) in [6.07, 6.45) is 2.05. The number of hydrogen-bond donors (Lipinski definition) is 2. The van der Waals surface area contributed by atoms with Crippen LogP contribution in [0.5, 0.6) is 0 Å². The topological polar surface area (TPSA) is 53.1 Å². The van der Waals surface area contributed by atoms with Crippen molar-refractivity contribution in [2.24, 2.45) is 5.10 Å². The van der Waals surface area contributed by atoms with Gasteiger partial charge in [-0.15, -0.1) is 0 Å². The molecule has 0 saturated heterocycles. The molecule has 3 aromatic rings. The summed E-state index contributed by atoms with van der Waals surface area (Å²) in [5.41, 5.74) is 8.72. The molecule has 4 heteroatoms. The fourth-order valence-corrected chi connectivity index (χ4v) is 2.65. The van der Waals surface area contributed by atoms with Crippen molar-refractivity contribution >= 4 is 22.7 Å². The highest BCUT2D eigenvalue weighted by Gasteiger charge is 2.16. The Morgan fingerprint density at radius 3 is 2.80 bits per heavy atom. The molecule has 0 fully saturated rings. The van der Waals surface area contributed by atoms with E-state index in [-0.39, 0.29) is 0 Å². The Morgan fingerprint density at radius 2 is 1.85 bits per heavy atom. The van der Waals surface area contributed by atoms with Crippen LogP contribution in [-0.4, -0.2) is 15.7 Å². The summed E-state index contributed by atoms with van der Waals surface area (Å²) in [6, 6.07) is 16.4. The van der Waals surface area contributed by atoms with Gasteiger partial charge in [-0.25, -0.2) is 10.4 Å². The number of benzene rings is 2. The quantitative estimate of drug-likeness (QED) is 0.696. The zero-order valence-electron chi connectivity index (χ0n) is 10.9. The molecule has 1 aliphatic carbocycles. The monoisotopic (exact) mass is 262 g/mol. The number of aryl methyl sites for hydroxylation is 1. The molecule has 0 saturated carbocycles. The van der Waals surface area contributed by atoms with E-state index in [0.717, 1.165) is 29.6 Å². The molecule has 0 atom stereocenters. The highest BCUT2D eigenvalue weighted by Crippen LogP contribution is 2.22. The summed E-state index contributed by atoms with van der Waals surface area (Å²) in [6.45, 7) is 0. The first kappa shape index (κ1) is 11.2. The van der Waals surface area contributed by atoms with Gasteiger partial charge in [0.05, 0.1) is 16.7 Å². The number of hydrogen-bond acceptors (Lipinski definition) is 3. The molecule has 4 nitrogen and oxygen atoms in total. The zero-order valence-corrected chi connectivity index (χ0v) is 10.9. The number of imidazole rings is 1. The third-order valence-electron chi connectivity index (χ3n) is 3.65. The molecule has 0 bridgehead atoms. The third kappa shape index (κ3) is 1.86. The smallest absolute Gasteiger partial charge is 0.222 e. The standard InChI is InChI=1S/C16H14N4/c1-2-6-12-11(5-1)9-10-13(12)19-20-16-17-14-7-3-4-8-15(14)18-16/h1-8H,9-10H2,(H2,17,18,20)/b19-13+. The Morgan fingerprint density at radius 1 is 1.00 bits per heavy atom. The molecule has 1 heterocycles. The fraction of sp³-hybridized carbons (Fsp3) is 0.125. The maximum absolute atomic E-state index is 4.50. The van der Waals surface area contributed by atoms with E-state index in [0.29, 0.717) is 5.95 Å². The van der Waals surface area contributed by atoms with Crippen molar-refractivity contribution in [1.29, 1.82) is 0 Å². The maximum Gasteiger partial charge on any atom is 0.222 e. The van der Waals surface area contributed by atoms with Crippen LogP contribution in [0, 0.1) is 0 Å². The highest BCUT2D eigenvalue weighted by atomic mass is 15.4. The Hall–Kier alpha value is -2.62. The van der Waals surface area contributed by atoms with Crippen molar-refractivity contribution < 1.29 is 0 Å². The predicted octanol–water partition coefficient (Wildman–Crippen LogP) is 3.33. The van der Waals surface area contributed by atoms with E-state index in [1.165, 1.54) is 11.1 Å². The van der Waals surface area contributed by atoms with Gasteiger partial charge in [-0.2, -0.15) is 5.10 Å². The van der Waals surface area contributed by atoms with Crippen molar-refractivity contribution in [2.75, 3.05) is 5.43 Å². The zero-order chi connectivity index (χ0) is 13.4. The molecule has 0 unspecified atom stereocenters. The van der Waals surface area contributed by atoms with Crippen molar-refractivity contribution in [3.05, 3.63) is 59.7 Å². The number of anilines is 1. The van der Waals surface area contributed by atoms with Crippen LogP contribution in [0.3, 0.4) is 0 Å². The molecule has 0 amide bonds. The lowest BCUT2D eigenvalue weighted by Crippen LogP contribution is -2.00. The second kappa shape index (κ2) is 4.49. The van der Waals surface area contributed by atoms with E-state index in [1.807, 2.05) is 24.3 Å². The van der Waals surface area contributed by atoms with Gasteiger partial charge in [0.15, 0.2) is 0 Å². The summed E-state index contributed by atoms with van der Waals surface area (Å²) in [5.74, 6) is 0.683. The predicted molar refractivity (Wildman–Crippen MR) is 81.0 cm³/mol. The molecule has 98 valence electrons. The summed E-state index contributed by atoms with van der Waals surface area (Å²) in [7, 11) is 0. The normalized spacial score (nSPS) is 15.7. The molecule has 2 N–H and O–H groups in total. The summed E-state index contributed by atoms with van der Waals surface area (Å²) in [5, 5.41) is 4.50. The number of nitrogens with zero attached hydrogens (tertiary/aromatic N) is 2. The third-order valence-corrected chi connectivity index (χ3v) is 3.65. The highest BCUT2D eigenvalue weighted by molar-refractivity contribution is 6.04. The minimum absolute atomic E-state index is 0.683. The lowest BCUT2D eigenvalue weighted by atomic mass is 10.1. The number of H-pyrrole nitrogens is 1. The first-order valence-corrected chi connectivity index (χ1v) is 6.76. The number of fused-ring (bicyclic) bond motifs is 2. The number of hydrazone groups is 1.